The number of ether oxygens (including phenoxy) is 1. The number of hydrogen-bond acceptors (Lipinski definition) is 2. The van der Waals surface area contributed by atoms with E-state index in [0.717, 1.165) is 5.75 Å². The van der Waals surface area contributed by atoms with E-state index >= 15 is 0 Å². The molecule has 1 heterocycles. The molecule has 0 spiro atoms. The Kier molecular flexibility index (Phi) is 5.06. The predicted molar refractivity (Wildman–Crippen MR) is 76.3 cm³/mol. The first kappa shape index (κ1) is 13.4. The van der Waals surface area contributed by atoms with Crippen LogP contribution in [-0.2, 0) is 0 Å². The van der Waals surface area contributed by atoms with Crippen molar-refractivity contribution < 1.29 is 4.74 Å². The minimum absolute atomic E-state index is 0.675. The van der Waals surface area contributed by atoms with Crippen molar-refractivity contribution in [1.29, 1.82) is 0 Å². The summed E-state index contributed by atoms with van der Waals surface area (Å²) in [5.74, 6) is 1.66. The first-order valence-electron chi connectivity index (χ1n) is 7.19. The van der Waals surface area contributed by atoms with E-state index in [1.165, 1.54) is 50.9 Å². The number of hydrogen-bond donors (Lipinski definition) is 0. The van der Waals surface area contributed by atoms with Gasteiger partial charge >= 0.3 is 0 Å². The van der Waals surface area contributed by atoms with Crippen LogP contribution in [0.4, 0.5) is 0 Å². The second kappa shape index (κ2) is 6.79. The van der Waals surface area contributed by atoms with Crippen molar-refractivity contribution in [2.45, 2.75) is 38.5 Å². The highest BCUT2D eigenvalue weighted by atomic mass is 16.5. The van der Waals surface area contributed by atoms with Gasteiger partial charge in [-0.3, -0.25) is 0 Å². The van der Waals surface area contributed by atoms with E-state index in [1.807, 2.05) is 6.07 Å². The van der Waals surface area contributed by atoms with Gasteiger partial charge < -0.3 is 9.64 Å². The Morgan fingerprint density at radius 2 is 2.22 bits per heavy atom. The standard InChI is InChI=1S/C16H25NO/c1-3-10-17-11-5-4-7-15(13-17)14-8-6-9-16(12-14)18-2/h6,8-9,12,15H,3-5,7,10-11,13H2,1-2H3. The molecule has 100 valence electrons. The highest BCUT2D eigenvalue weighted by molar-refractivity contribution is 5.31. The molecule has 0 bridgehead atoms. The van der Waals surface area contributed by atoms with Crippen molar-refractivity contribution in [2.75, 3.05) is 26.7 Å². The van der Waals surface area contributed by atoms with Crippen molar-refractivity contribution in [3.63, 3.8) is 0 Å². The van der Waals surface area contributed by atoms with Crippen molar-refractivity contribution in [2.24, 2.45) is 0 Å². The highest BCUT2D eigenvalue weighted by Gasteiger charge is 2.19. The van der Waals surface area contributed by atoms with Crippen LogP contribution >= 0.6 is 0 Å². The van der Waals surface area contributed by atoms with Gasteiger partial charge in [0.2, 0.25) is 0 Å². The van der Waals surface area contributed by atoms with E-state index in [9.17, 15) is 0 Å². The quantitative estimate of drug-likeness (QED) is 0.805. The molecule has 1 aromatic carbocycles. The van der Waals surface area contributed by atoms with Crippen LogP contribution in [-0.4, -0.2) is 31.6 Å². The lowest BCUT2D eigenvalue weighted by molar-refractivity contribution is 0.273. The number of likely N-dealkylation sites (tertiary alicyclic amines) is 1. The van der Waals surface area contributed by atoms with E-state index in [1.54, 1.807) is 7.11 Å². The summed E-state index contributed by atoms with van der Waals surface area (Å²) < 4.78 is 5.34. The average Bonchev–Trinajstić information content (AvgIpc) is 2.65. The van der Waals surface area contributed by atoms with E-state index in [2.05, 4.69) is 30.0 Å². The van der Waals surface area contributed by atoms with Gasteiger partial charge in [-0.05, 0) is 56.0 Å². The van der Waals surface area contributed by atoms with Crippen LogP contribution in [0.1, 0.15) is 44.1 Å². The molecule has 1 aliphatic rings. The Balaban J connectivity index is 2.09. The summed E-state index contributed by atoms with van der Waals surface area (Å²) in [6.07, 6.45) is 5.26. The molecule has 1 aromatic rings. The highest BCUT2D eigenvalue weighted by Crippen LogP contribution is 2.28. The minimum Gasteiger partial charge on any atom is -0.497 e. The van der Waals surface area contributed by atoms with Crippen LogP contribution in [0.2, 0.25) is 0 Å². The fourth-order valence-corrected chi connectivity index (χ4v) is 2.91. The maximum absolute atomic E-state index is 5.34. The third kappa shape index (κ3) is 3.49. The molecular formula is C16H25NO. The smallest absolute Gasteiger partial charge is 0.119 e. The summed E-state index contributed by atoms with van der Waals surface area (Å²) in [4.78, 5) is 2.62. The second-order valence-corrected chi connectivity index (χ2v) is 5.27. The Morgan fingerprint density at radius 3 is 3.00 bits per heavy atom. The maximum Gasteiger partial charge on any atom is 0.119 e. The Morgan fingerprint density at radius 1 is 1.33 bits per heavy atom. The third-order valence-corrected chi connectivity index (χ3v) is 3.86. The lowest BCUT2D eigenvalue weighted by Gasteiger charge is -2.24. The fourth-order valence-electron chi connectivity index (χ4n) is 2.91. The van der Waals surface area contributed by atoms with Gasteiger partial charge in [-0.25, -0.2) is 0 Å². The summed E-state index contributed by atoms with van der Waals surface area (Å²) in [6, 6.07) is 8.61. The molecule has 1 fully saturated rings. The molecular weight excluding hydrogens is 222 g/mol. The monoisotopic (exact) mass is 247 g/mol. The normalized spacial score (nSPS) is 21.6. The van der Waals surface area contributed by atoms with Crippen LogP contribution in [0.15, 0.2) is 24.3 Å². The van der Waals surface area contributed by atoms with E-state index in [0.29, 0.717) is 5.92 Å². The van der Waals surface area contributed by atoms with Gasteiger partial charge in [0.25, 0.3) is 0 Å². The van der Waals surface area contributed by atoms with Crippen molar-refractivity contribution in [3.05, 3.63) is 29.8 Å². The summed E-state index contributed by atoms with van der Waals surface area (Å²) in [5, 5.41) is 0. The van der Waals surface area contributed by atoms with Crippen molar-refractivity contribution in [3.8, 4) is 5.75 Å². The Bertz CT molecular complexity index is 364. The topological polar surface area (TPSA) is 12.5 Å². The molecule has 2 heteroatoms. The lowest BCUT2D eigenvalue weighted by atomic mass is 9.94. The summed E-state index contributed by atoms with van der Waals surface area (Å²) in [5.41, 5.74) is 1.44. The van der Waals surface area contributed by atoms with Crippen molar-refractivity contribution >= 4 is 0 Å². The first-order valence-corrected chi connectivity index (χ1v) is 7.19. The zero-order valence-corrected chi connectivity index (χ0v) is 11.7. The SMILES string of the molecule is CCCN1CCCCC(c2cccc(OC)c2)C1. The van der Waals surface area contributed by atoms with Gasteiger partial charge in [0.05, 0.1) is 7.11 Å². The zero-order chi connectivity index (χ0) is 12.8. The van der Waals surface area contributed by atoms with Crippen LogP contribution in [0.5, 0.6) is 5.75 Å². The van der Waals surface area contributed by atoms with Gasteiger partial charge in [0.15, 0.2) is 0 Å². The summed E-state index contributed by atoms with van der Waals surface area (Å²) in [6.45, 7) is 5.99. The van der Waals surface area contributed by atoms with E-state index in [4.69, 9.17) is 4.74 Å². The molecule has 18 heavy (non-hydrogen) atoms. The van der Waals surface area contributed by atoms with Gasteiger partial charge in [-0.1, -0.05) is 25.5 Å². The van der Waals surface area contributed by atoms with Gasteiger partial charge in [-0.2, -0.15) is 0 Å². The minimum atomic E-state index is 0.675. The first-order chi connectivity index (χ1) is 8.83. The van der Waals surface area contributed by atoms with E-state index < -0.39 is 0 Å². The third-order valence-electron chi connectivity index (χ3n) is 3.86. The molecule has 0 radical (unpaired) electrons. The summed E-state index contributed by atoms with van der Waals surface area (Å²) >= 11 is 0. The van der Waals surface area contributed by atoms with Crippen LogP contribution in [0.25, 0.3) is 0 Å². The zero-order valence-electron chi connectivity index (χ0n) is 11.7. The lowest BCUT2D eigenvalue weighted by Crippen LogP contribution is -2.28. The molecule has 0 N–H and O–H groups in total. The van der Waals surface area contributed by atoms with Gasteiger partial charge in [0.1, 0.15) is 5.75 Å². The fraction of sp³-hybridized carbons (Fsp3) is 0.625. The van der Waals surface area contributed by atoms with Gasteiger partial charge in [-0.15, -0.1) is 0 Å². The molecule has 1 saturated heterocycles. The molecule has 2 nitrogen and oxygen atoms in total. The van der Waals surface area contributed by atoms with Crippen molar-refractivity contribution in [1.82, 2.24) is 4.90 Å². The Hall–Kier alpha value is -1.02. The number of nitrogens with zero attached hydrogens (tertiary/aromatic N) is 1. The summed E-state index contributed by atoms with van der Waals surface area (Å²) in [7, 11) is 1.75. The van der Waals surface area contributed by atoms with E-state index in [-0.39, 0.29) is 0 Å². The molecule has 0 aliphatic carbocycles. The number of rotatable bonds is 4. The van der Waals surface area contributed by atoms with Crippen LogP contribution < -0.4 is 4.74 Å². The predicted octanol–water partition coefficient (Wildman–Crippen LogP) is 3.67. The average molecular weight is 247 g/mol. The van der Waals surface area contributed by atoms with Crippen LogP contribution in [0.3, 0.4) is 0 Å². The van der Waals surface area contributed by atoms with Gasteiger partial charge in [0, 0.05) is 6.54 Å². The molecule has 0 saturated carbocycles. The Labute approximate surface area is 111 Å². The molecule has 1 unspecified atom stereocenters. The molecule has 1 atom stereocenters. The second-order valence-electron chi connectivity index (χ2n) is 5.27. The molecule has 2 rings (SSSR count). The molecule has 0 aromatic heterocycles. The largest absolute Gasteiger partial charge is 0.497 e. The number of methoxy groups -OCH3 is 1. The molecule has 1 aliphatic heterocycles. The number of benzene rings is 1. The maximum atomic E-state index is 5.34. The van der Waals surface area contributed by atoms with Crippen LogP contribution in [0, 0.1) is 0 Å². The molecule has 0 amide bonds.